The number of thioether (sulfide) groups is 1. The predicted octanol–water partition coefficient (Wildman–Crippen LogP) is 2.95. The zero-order valence-electron chi connectivity index (χ0n) is 13.3. The number of fused-ring (bicyclic) bond motifs is 1. The summed E-state index contributed by atoms with van der Waals surface area (Å²) in [4.78, 5) is 27.7. The van der Waals surface area contributed by atoms with Crippen LogP contribution in [0.5, 0.6) is 0 Å². The molecular formula is C17H13F2N3O3S. The number of rotatable bonds is 6. The van der Waals surface area contributed by atoms with E-state index in [-0.39, 0.29) is 18.0 Å². The van der Waals surface area contributed by atoms with Crippen molar-refractivity contribution in [3.05, 3.63) is 54.1 Å². The van der Waals surface area contributed by atoms with Crippen LogP contribution in [0.2, 0.25) is 0 Å². The maximum absolute atomic E-state index is 13.1. The Morgan fingerprint density at radius 1 is 1.08 bits per heavy atom. The Labute approximate surface area is 151 Å². The topological polar surface area (TPSA) is 84.2 Å². The van der Waals surface area contributed by atoms with Crippen molar-refractivity contribution in [1.82, 2.24) is 10.3 Å². The number of oxazole rings is 1. The molecule has 134 valence electrons. The van der Waals surface area contributed by atoms with Gasteiger partial charge in [0.25, 0.3) is 5.22 Å². The van der Waals surface area contributed by atoms with Gasteiger partial charge in [0.15, 0.2) is 17.2 Å². The minimum atomic E-state index is -1.07. The van der Waals surface area contributed by atoms with Gasteiger partial charge in [-0.2, -0.15) is 0 Å². The first kappa shape index (κ1) is 17.9. The van der Waals surface area contributed by atoms with Gasteiger partial charge in [-0.05, 0) is 24.3 Å². The lowest BCUT2D eigenvalue weighted by atomic mass is 10.3. The van der Waals surface area contributed by atoms with Gasteiger partial charge in [0.2, 0.25) is 11.8 Å². The first-order valence-electron chi connectivity index (χ1n) is 7.51. The molecule has 3 aromatic rings. The molecule has 0 aliphatic heterocycles. The fraction of sp³-hybridized carbons (Fsp3) is 0.118. The van der Waals surface area contributed by atoms with Crippen molar-refractivity contribution in [2.75, 3.05) is 17.6 Å². The van der Waals surface area contributed by atoms with E-state index < -0.39 is 23.4 Å². The van der Waals surface area contributed by atoms with Crippen LogP contribution in [0.15, 0.2) is 52.1 Å². The van der Waals surface area contributed by atoms with E-state index in [0.717, 1.165) is 23.9 Å². The molecule has 0 aliphatic rings. The molecule has 2 N–H and O–H groups in total. The van der Waals surface area contributed by atoms with Crippen molar-refractivity contribution < 1.29 is 22.8 Å². The summed E-state index contributed by atoms with van der Waals surface area (Å²) in [6.45, 7) is -0.300. The second kappa shape index (κ2) is 7.96. The van der Waals surface area contributed by atoms with E-state index in [1.54, 1.807) is 12.1 Å². The minimum Gasteiger partial charge on any atom is -0.431 e. The maximum Gasteiger partial charge on any atom is 0.257 e. The average molecular weight is 377 g/mol. The van der Waals surface area contributed by atoms with Crippen molar-refractivity contribution in [3.63, 3.8) is 0 Å². The van der Waals surface area contributed by atoms with Crippen LogP contribution in [-0.4, -0.2) is 29.1 Å². The predicted molar refractivity (Wildman–Crippen MR) is 92.7 cm³/mol. The number of hydrogen-bond donors (Lipinski definition) is 2. The highest BCUT2D eigenvalue weighted by molar-refractivity contribution is 7.99. The summed E-state index contributed by atoms with van der Waals surface area (Å²) in [7, 11) is 0. The van der Waals surface area contributed by atoms with Gasteiger partial charge < -0.3 is 15.1 Å². The Kier molecular flexibility index (Phi) is 5.47. The maximum atomic E-state index is 13.1. The van der Waals surface area contributed by atoms with Crippen molar-refractivity contribution in [3.8, 4) is 0 Å². The summed E-state index contributed by atoms with van der Waals surface area (Å²) in [5.74, 6) is -3.01. The number of benzene rings is 2. The molecule has 0 spiro atoms. The van der Waals surface area contributed by atoms with Crippen LogP contribution in [0.25, 0.3) is 11.1 Å². The molecule has 0 bridgehead atoms. The van der Waals surface area contributed by atoms with Gasteiger partial charge in [-0.1, -0.05) is 23.9 Å². The number of anilines is 1. The van der Waals surface area contributed by atoms with Crippen LogP contribution < -0.4 is 10.6 Å². The van der Waals surface area contributed by atoms with Gasteiger partial charge in [0.1, 0.15) is 5.52 Å². The Bertz CT molecular complexity index is 928. The molecule has 2 amide bonds. The lowest BCUT2D eigenvalue weighted by Crippen LogP contribution is -2.33. The summed E-state index contributed by atoms with van der Waals surface area (Å²) >= 11 is 1.10. The second-order valence-electron chi connectivity index (χ2n) is 5.19. The summed E-state index contributed by atoms with van der Waals surface area (Å²) < 4.78 is 31.4. The molecule has 0 unspecified atom stereocenters. The standard InChI is InChI=1S/C17H13F2N3O3S/c18-11-6-5-10(7-12(11)19)21-15(23)8-20-16(24)9-26-17-22-13-3-1-2-4-14(13)25-17/h1-7H,8-9H2,(H,20,24)(H,21,23). The van der Waals surface area contributed by atoms with Gasteiger partial charge in [-0.25, -0.2) is 13.8 Å². The minimum absolute atomic E-state index is 0.0191. The number of nitrogens with zero attached hydrogens (tertiary/aromatic N) is 1. The van der Waals surface area contributed by atoms with Gasteiger partial charge in [0, 0.05) is 11.8 Å². The Morgan fingerprint density at radius 3 is 2.65 bits per heavy atom. The van der Waals surface area contributed by atoms with Crippen molar-refractivity contribution in [2.45, 2.75) is 5.22 Å². The lowest BCUT2D eigenvalue weighted by Gasteiger charge is -2.06. The summed E-state index contributed by atoms with van der Waals surface area (Å²) in [5, 5.41) is 5.14. The van der Waals surface area contributed by atoms with Gasteiger partial charge in [-0.15, -0.1) is 0 Å². The molecule has 3 rings (SSSR count). The second-order valence-corrected chi connectivity index (χ2v) is 6.12. The number of para-hydroxylation sites is 2. The van der Waals surface area contributed by atoms with Crippen LogP contribution in [0.3, 0.4) is 0 Å². The third kappa shape index (κ3) is 4.57. The lowest BCUT2D eigenvalue weighted by molar-refractivity contribution is -0.122. The molecule has 0 atom stereocenters. The van der Waals surface area contributed by atoms with Crippen LogP contribution in [0.4, 0.5) is 14.5 Å². The first-order valence-corrected chi connectivity index (χ1v) is 8.50. The fourth-order valence-corrected chi connectivity index (χ4v) is 2.72. The monoisotopic (exact) mass is 377 g/mol. The van der Waals surface area contributed by atoms with Crippen molar-refractivity contribution in [1.29, 1.82) is 0 Å². The SMILES string of the molecule is O=C(CSc1nc2ccccc2o1)NCC(=O)Nc1ccc(F)c(F)c1. The highest BCUT2D eigenvalue weighted by Crippen LogP contribution is 2.22. The van der Waals surface area contributed by atoms with E-state index in [1.807, 2.05) is 12.1 Å². The van der Waals surface area contributed by atoms with Crippen LogP contribution in [0, 0.1) is 11.6 Å². The molecule has 1 aromatic heterocycles. The van der Waals surface area contributed by atoms with E-state index >= 15 is 0 Å². The third-order valence-electron chi connectivity index (χ3n) is 3.25. The smallest absolute Gasteiger partial charge is 0.257 e. The van der Waals surface area contributed by atoms with Gasteiger partial charge >= 0.3 is 0 Å². The molecule has 0 aliphatic carbocycles. The number of carbonyl (C=O) groups is 2. The Balaban J connectivity index is 1.44. The number of aromatic nitrogens is 1. The van der Waals surface area contributed by atoms with Crippen molar-refractivity contribution in [2.24, 2.45) is 0 Å². The Hall–Kier alpha value is -2.94. The average Bonchev–Trinajstić information content (AvgIpc) is 3.04. The van der Waals surface area contributed by atoms with E-state index in [2.05, 4.69) is 15.6 Å². The molecule has 0 fully saturated rings. The molecule has 6 nitrogen and oxygen atoms in total. The van der Waals surface area contributed by atoms with E-state index in [4.69, 9.17) is 4.42 Å². The Morgan fingerprint density at radius 2 is 1.88 bits per heavy atom. The van der Waals surface area contributed by atoms with Crippen LogP contribution >= 0.6 is 11.8 Å². The molecule has 9 heteroatoms. The highest BCUT2D eigenvalue weighted by Gasteiger charge is 2.11. The van der Waals surface area contributed by atoms with E-state index in [1.165, 1.54) is 6.07 Å². The quantitative estimate of drug-likeness (QED) is 0.645. The normalized spacial score (nSPS) is 10.7. The molecule has 2 aromatic carbocycles. The fourth-order valence-electron chi connectivity index (χ4n) is 2.05. The zero-order valence-corrected chi connectivity index (χ0v) is 14.1. The molecule has 0 saturated heterocycles. The largest absolute Gasteiger partial charge is 0.431 e. The summed E-state index contributed by atoms with van der Waals surface area (Å²) in [6, 6.07) is 10.2. The van der Waals surface area contributed by atoms with E-state index in [0.29, 0.717) is 16.3 Å². The third-order valence-corrected chi connectivity index (χ3v) is 4.08. The number of halogens is 2. The van der Waals surface area contributed by atoms with Crippen LogP contribution in [0.1, 0.15) is 0 Å². The number of carbonyl (C=O) groups excluding carboxylic acids is 2. The number of nitrogens with one attached hydrogen (secondary N) is 2. The molecule has 0 radical (unpaired) electrons. The number of hydrogen-bond acceptors (Lipinski definition) is 5. The summed E-state index contributed by atoms with van der Waals surface area (Å²) in [5.41, 5.74) is 1.42. The molecule has 1 heterocycles. The van der Waals surface area contributed by atoms with E-state index in [9.17, 15) is 18.4 Å². The molecule has 26 heavy (non-hydrogen) atoms. The van der Waals surface area contributed by atoms with Crippen LogP contribution in [-0.2, 0) is 9.59 Å². The van der Waals surface area contributed by atoms with Crippen molar-refractivity contribution >= 4 is 40.4 Å². The molecular weight excluding hydrogens is 364 g/mol. The molecule has 0 saturated carbocycles. The zero-order chi connectivity index (χ0) is 18.5. The first-order chi connectivity index (χ1) is 12.5. The summed E-state index contributed by atoms with van der Waals surface area (Å²) in [6.07, 6.45) is 0. The van der Waals surface area contributed by atoms with Gasteiger partial charge in [0.05, 0.1) is 12.3 Å². The highest BCUT2D eigenvalue weighted by atomic mass is 32.2. The number of amides is 2. The van der Waals surface area contributed by atoms with Gasteiger partial charge in [-0.3, -0.25) is 9.59 Å².